The molecule has 3 aromatic carbocycles. The van der Waals surface area contributed by atoms with Gasteiger partial charge in [-0.1, -0.05) is 36.4 Å². The number of nitrogens with one attached hydrogen (secondary N) is 1. The minimum absolute atomic E-state index is 0.0343. The third-order valence-electron chi connectivity index (χ3n) is 6.68. The minimum atomic E-state index is -0.134. The first kappa shape index (κ1) is 22.0. The monoisotopic (exact) mass is 454 g/mol. The highest BCUT2D eigenvalue weighted by atomic mass is 16.2. The standard InChI is InChI=1S/C28H30N4O2/c33-27(31-20-18-30(19-21-31)25-10-2-1-3-11-25)23-13-15-24(16-14-23)29-28(34)32-17-7-6-9-22-8-4-5-12-26(22)32/h1-5,8,10-16H,6-7,9,17-21H2,(H,29,34). The second-order valence-electron chi connectivity index (χ2n) is 8.86. The van der Waals surface area contributed by atoms with Crippen molar-refractivity contribution in [1.82, 2.24) is 4.90 Å². The summed E-state index contributed by atoms with van der Waals surface area (Å²) in [4.78, 5) is 32.1. The zero-order valence-electron chi connectivity index (χ0n) is 19.3. The first-order valence-corrected chi connectivity index (χ1v) is 12.0. The van der Waals surface area contributed by atoms with E-state index in [1.54, 1.807) is 12.1 Å². The van der Waals surface area contributed by atoms with Crippen LogP contribution in [0.15, 0.2) is 78.9 Å². The van der Waals surface area contributed by atoms with Crippen LogP contribution in [0.2, 0.25) is 0 Å². The first-order chi connectivity index (χ1) is 16.7. The third-order valence-corrected chi connectivity index (χ3v) is 6.68. The van der Waals surface area contributed by atoms with Gasteiger partial charge in [-0.2, -0.15) is 0 Å². The Bertz CT molecular complexity index is 1140. The Kier molecular flexibility index (Phi) is 6.47. The zero-order valence-corrected chi connectivity index (χ0v) is 19.3. The SMILES string of the molecule is O=C(c1ccc(NC(=O)N2CCCCc3ccccc32)cc1)N1CCN(c2ccccc2)CC1. The lowest BCUT2D eigenvalue weighted by atomic mass is 10.1. The van der Waals surface area contributed by atoms with E-state index in [0.717, 1.165) is 38.0 Å². The summed E-state index contributed by atoms with van der Waals surface area (Å²) in [6.07, 6.45) is 3.06. The third kappa shape index (κ3) is 4.76. The highest BCUT2D eigenvalue weighted by molar-refractivity contribution is 6.02. The fraction of sp³-hybridized carbons (Fsp3) is 0.286. The van der Waals surface area contributed by atoms with Crippen molar-refractivity contribution >= 4 is 29.0 Å². The second-order valence-corrected chi connectivity index (χ2v) is 8.86. The maximum atomic E-state index is 13.0. The Balaban J connectivity index is 1.20. The van der Waals surface area contributed by atoms with E-state index in [0.29, 0.717) is 30.9 Å². The molecule has 6 nitrogen and oxygen atoms in total. The minimum Gasteiger partial charge on any atom is -0.368 e. The van der Waals surface area contributed by atoms with Gasteiger partial charge in [0.25, 0.3) is 5.91 Å². The fourth-order valence-electron chi connectivity index (χ4n) is 4.78. The van der Waals surface area contributed by atoms with Crippen molar-refractivity contribution in [2.24, 2.45) is 0 Å². The normalized spacial score (nSPS) is 15.9. The summed E-state index contributed by atoms with van der Waals surface area (Å²) in [7, 11) is 0. The van der Waals surface area contributed by atoms with Gasteiger partial charge in [-0.25, -0.2) is 4.79 Å². The molecule has 0 saturated carbocycles. The summed E-state index contributed by atoms with van der Waals surface area (Å²) in [6, 6.07) is 25.5. The van der Waals surface area contributed by atoms with Gasteiger partial charge in [0.05, 0.1) is 0 Å². The van der Waals surface area contributed by atoms with Crippen LogP contribution in [0.1, 0.15) is 28.8 Å². The van der Waals surface area contributed by atoms with Crippen LogP contribution in [-0.4, -0.2) is 49.6 Å². The van der Waals surface area contributed by atoms with E-state index in [9.17, 15) is 9.59 Å². The number of piperazine rings is 1. The number of rotatable bonds is 3. The van der Waals surface area contributed by atoms with Crippen LogP contribution in [0.3, 0.4) is 0 Å². The van der Waals surface area contributed by atoms with Crippen molar-refractivity contribution < 1.29 is 9.59 Å². The number of nitrogens with zero attached hydrogens (tertiary/aromatic N) is 3. The number of hydrogen-bond donors (Lipinski definition) is 1. The molecule has 0 aliphatic carbocycles. The van der Waals surface area contributed by atoms with Crippen LogP contribution < -0.4 is 15.1 Å². The van der Waals surface area contributed by atoms with Crippen LogP contribution in [-0.2, 0) is 6.42 Å². The van der Waals surface area contributed by atoms with Crippen molar-refractivity contribution in [2.45, 2.75) is 19.3 Å². The van der Waals surface area contributed by atoms with E-state index < -0.39 is 0 Å². The number of carbonyl (C=O) groups excluding carboxylic acids is 2. The van der Waals surface area contributed by atoms with E-state index in [1.165, 1.54) is 11.3 Å². The highest BCUT2D eigenvalue weighted by Gasteiger charge is 2.23. The number of amides is 3. The molecule has 1 N–H and O–H groups in total. The number of para-hydroxylation sites is 2. The molecule has 3 amide bonds. The maximum Gasteiger partial charge on any atom is 0.326 e. The average molecular weight is 455 g/mol. The van der Waals surface area contributed by atoms with Gasteiger partial charge in [0.2, 0.25) is 0 Å². The molecule has 1 fully saturated rings. The number of urea groups is 1. The topological polar surface area (TPSA) is 55.9 Å². The molecule has 1 saturated heterocycles. The summed E-state index contributed by atoms with van der Waals surface area (Å²) in [5.41, 5.74) is 4.73. The highest BCUT2D eigenvalue weighted by Crippen LogP contribution is 2.27. The zero-order chi connectivity index (χ0) is 23.3. The van der Waals surface area contributed by atoms with Gasteiger partial charge in [-0.05, 0) is 67.3 Å². The molecule has 34 heavy (non-hydrogen) atoms. The Morgan fingerprint density at radius 3 is 2.18 bits per heavy atom. The van der Waals surface area contributed by atoms with E-state index >= 15 is 0 Å². The van der Waals surface area contributed by atoms with Crippen LogP contribution in [0.5, 0.6) is 0 Å². The lowest BCUT2D eigenvalue weighted by Gasteiger charge is -2.36. The van der Waals surface area contributed by atoms with Gasteiger partial charge >= 0.3 is 6.03 Å². The second kappa shape index (κ2) is 10.00. The Labute approximate surface area is 200 Å². The first-order valence-electron chi connectivity index (χ1n) is 12.0. The Hall–Kier alpha value is -3.80. The van der Waals surface area contributed by atoms with E-state index in [1.807, 2.05) is 58.3 Å². The molecule has 0 unspecified atom stereocenters. The summed E-state index contributed by atoms with van der Waals surface area (Å²) in [5.74, 6) is 0.0343. The predicted molar refractivity (Wildman–Crippen MR) is 137 cm³/mol. The Morgan fingerprint density at radius 2 is 1.41 bits per heavy atom. The predicted octanol–water partition coefficient (Wildman–Crippen LogP) is 5.02. The van der Waals surface area contributed by atoms with Gasteiger partial charge in [0.1, 0.15) is 0 Å². The van der Waals surface area contributed by atoms with Gasteiger partial charge in [-0.15, -0.1) is 0 Å². The number of carbonyl (C=O) groups is 2. The van der Waals surface area contributed by atoms with Gasteiger partial charge < -0.3 is 15.1 Å². The summed E-state index contributed by atoms with van der Waals surface area (Å²) < 4.78 is 0. The molecule has 2 aliphatic rings. The van der Waals surface area contributed by atoms with E-state index in [2.05, 4.69) is 28.4 Å². The smallest absolute Gasteiger partial charge is 0.326 e. The summed E-state index contributed by atoms with van der Waals surface area (Å²) in [6.45, 7) is 3.73. The number of aryl methyl sites for hydroxylation is 1. The molecule has 2 aliphatic heterocycles. The summed E-state index contributed by atoms with van der Waals surface area (Å²) in [5, 5.41) is 3.01. The molecular weight excluding hydrogens is 424 g/mol. The van der Waals surface area contributed by atoms with Gasteiger partial charge in [-0.3, -0.25) is 9.69 Å². The number of fused-ring (bicyclic) bond motifs is 1. The van der Waals surface area contributed by atoms with Crippen LogP contribution in [0, 0.1) is 0 Å². The molecular formula is C28H30N4O2. The molecule has 5 rings (SSSR count). The molecule has 6 heteroatoms. The molecule has 0 bridgehead atoms. The van der Waals surface area contributed by atoms with E-state index in [-0.39, 0.29) is 11.9 Å². The lowest BCUT2D eigenvalue weighted by molar-refractivity contribution is 0.0747. The van der Waals surface area contributed by atoms with E-state index in [4.69, 9.17) is 0 Å². The van der Waals surface area contributed by atoms with Crippen molar-refractivity contribution in [3.63, 3.8) is 0 Å². The van der Waals surface area contributed by atoms with Crippen molar-refractivity contribution in [3.05, 3.63) is 90.0 Å². The Morgan fingerprint density at radius 1 is 0.706 bits per heavy atom. The molecule has 0 spiro atoms. The van der Waals surface area contributed by atoms with Crippen molar-refractivity contribution in [3.8, 4) is 0 Å². The molecule has 0 atom stereocenters. The average Bonchev–Trinajstić information content (AvgIpc) is 3.12. The number of benzene rings is 3. The van der Waals surface area contributed by atoms with Crippen LogP contribution in [0.4, 0.5) is 21.9 Å². The molecule has 2 heterocycles. The van der Waals surface area contributed by atoms with Crippen LogP contribution in [0.25, 0.3) is 0 Å². The fourth-order valence-corrected chi connectivity index (χ4v) is 4.78. The molecule has 0 radical (unpaired) electrons. The summed E-state index contributed by atoms with van der Waals surface area (Å²) >= 11 is 0. The lowest BCUT2D eigenvalue weighted by Crippen LogP contribution is -2.48. The van der Waals surface area contributed by atoms with Crippen molar-refractivity contribution in [2.75, 3.05) is 47.8 Å². The van der Waals surface area contributed by atoms with Crippen LogP contribution >= 0.6 is 0 Å². The maximum absolute atomic E-state index is 13.0. The van der Waals surface area contributed by atoms with Crippen molar-refractivity contribution in [1.29, 1.82) is 0 Å². The molecule has 3 aromatic rings. The number of hydrogen-bond acceptors (Lipinski definition) is 3. The van der Waals surface area contributed by atoms with Gasteiger partial charge in [0.15, 0.2) is 0 Å². The molecule has 0 aromatic heterocycles. The molecule has 174 valence electrons. The quantitative estimate of drug-likeness (QED) is 0.604. The largest absolute Gasteiger partial charge is 0.368 e. The van der Waals surface area contributed by atoms with Gasteiger partial charge in [0, 0.05) is 55.3 Å². The number of anilines is 3.